The number of rotatable bonds is 4. The van der Waals surface area contributed by atoms with Crippen LogP contribution in [0.4, 0.5) is 5.13 Å². The molecule has 0 aliphatic rings. The van der Waals surface area contributed by atoms with Crippen molar-refractivity contribution in [3.63, 3.8) is 0 Å². The molecule has 1 amide bonds. The number of carbonyl (C=O) groups is 3. The zero-order valence-electron chi connectivity index (χ0n) is 8.68. The molecular formula is C9H10N2O4S. The standard InChI is InChI=1S/C9H10N2O4S/c1-4(8(14)15)7(13)11-9-10-6(3-16-9)5(2)12/h3-4H,1-2H3,(H,14,15)(H,10,11,13). The van der Waals surface area contributed by atoms with Gasteiger partial charge in [-0.25, -0.2) is 4.98 Å². The topological polar surface area (TPSA) is 96.4 Å². The first-order valence-electron chi connectivity index (χ1n) is 4.42. The van der Waals surface area contributed by atoms with E-state index in [2.05, 4.69) is 10.3 Å². The Bertz CT molecular complexity index is 440. The van der Waals surface area contributed by atoms with E-state index in [9.17, 15) is 14.4 Å². The number of aliphatic carboxylic acids is 1. The van der Waals surface area contributed by atoms with Crippen LogP contribution in [-0.2, 0) is 9.59 Å². The maximum absolute atomic E-state index is 11.3. The number of anilines is 1. The molecule has 0 fully saturated rings. The fourth-order valence-electron chi connectivity index (χ4n) is 0.819. The van der Waals surface area contributed by atoms with Gasteiger partial charge in [0.15, 0.2) is 10.9 Å². The van der Waals surface area contributed by atoms with E-state index in [1.807, 2.05) is 0 Å². The number of carboxylic acids is 1. The minimum Gasteiger partial charge on any atom is -0.481 e. The van der Waals surface area contributed by atoms with Gasteiger partial charge in [0.25, 0.3) is 0 Å². The average molecular weight is 242 g/mol. The highest BCUT2D eigenvalue weighted by molar-refractivity contribution is 7.14. The number of nitrogens with one attached hydrogen (secondary N) is 1. The zero-order valence-corrected chi connectivity index (χ0v) is 9.50. The number of ketones is 1. The second kappa shape index (κ2) is 4.84. The van der Waals surface area contributed by atoms with Gasteiger partial charge < -0.3 is 10.4 Å². The number of Topliss-reactive ketones (excluding diaryl/α,β-unsaturated/α-hetero) is 1. The third-order valence-corrected chi connectivity index (χ3v) is 2.62. The Labute approximate surface area is 95.3 Å². The molecule has 0 aromatic carbocycles. The number of hydrogen-bond acceptors (Lipinski definition) is 5. The largest absolute Gasteiger partial charge is 0.481 e. The Morgan fingerprint density at radius 1 is 1.50 bits per heavy atom. The van der Waals surface area contributed by atoms with Crippen LogP contribution in [0, 0.1) is 5.92 Å². The normalized spacial score (nSPS) is 11.9. The lowest BCUT2D eigenvalue weighted by Gasteiger charge is -2.04. The van der Waals surface area contributed by atoms with Crippen LogP contribution < -0.4 is 5.32 Å². The van der Waals surface area contributed by atoms with E-state index in [0.29, 0.717) is 0 Å². The van der Waals surface area contributed by atoms with Crippen molar-refractivity contribution in [2.75, 3.05) is 5.32 Å². The fourth-order valence-corrected chi connectivity index (χ4v) is 1.57. The summed E-state index contributed by atoms with van der Waals surface area (Å²) in [7, 11) is 0. The molecule has 1 heterocycles. The number of nitrogens with zero attached hydrogens (tertiary/aromatic N) is 1. The first kappa shape index (κ1) is 12.3. The Balaban J connectivity index is 2.70. The summed E-state index contributed by atoms with van der Waals surface area (Å²) in [6, 6.07) is 0. The van der Waals surface area contributed by atoms with Crippen molar-refractivity contribution in [3.05, 3.63) is 11.1 Å². The summed E-state index contributed by atoms with van der Waals surface area (Å²) in [5.74, 6) is -3.22. The first-order chi connectivity index (χ1) is 7.41. The van der Waals surface area contributed by atoms with Gasteiger partial charge in [0.05, 0.1) is 0 Å². The summed E-state index contributed by atoms with van der Waals surface area (Å²) in [4.78, 5) is 36.6. The van der Waals surface area contributed by atoms with Crippen LogP contribution in [0.15, 0.2) is 5.38 Å². The SMILES string of the molecule is CC(=O)c1csc(NC(=O)C(C)C(=O)O)n1. The van der Waals surface area contributed by atoms with Crippen molar-refractivity contribution in [1.29, 1.82) is 0 Å². The molecule has 16 heavy (non-hydrogen) atoms. The van der Waals surface area contributed by atoms with Crippen LogP contribution >= 0.6 is 11.3 Å². The van der Waals surface area contributed by atoms with Gasteiger partial charge in [0.2, 0.25) is 5.91 Å². The van der Waals surface area contributed by atoms with Crippen LogP contribution in [0.25, 0.3) is 0 Å². The second-order valence-electron chi connectivity index (χ2n) is 3.14. The van der Waals surface area contributed by atoms with Crippen molar-refractivity contribution >= 4 is 34.1 Å². The smallest absolute Gasteiger partial charge is 0.315 e. The number of carbonyl (C=O) groups excluding carboxylic acids is 2. The Morgan fingerprint density at radius 3 is 2.56 bits per heavy atom. The van der Waals surface area contributed by atoms with Crippen molar-refractivity contribution < 1.29 is 19.5 Å². The highest BCUT2D eigenvalue weighted by atomic mass is 32.1. The van der Waals surface area contributed by atoms with Crippen LogP contribution in [0.5, 0.6) is 0 Å². The van der Waals surface area contributed by atoms with Gasteiger partial charge in [0.1, 0.15) is 11.6 Å². The molecule has 2 N–H and O–H groups in total. The minimum absolute atomic E-state index is 0.206. The number of carboxylic acid groups (broad SMARTS) is 1. The molecule has 1 atom stereocenters. The number of aromatic nitrogens is 1. The van der Waals surface area contributed by atoms with Gasteiger partial charge in [-0.15, -0.1) is 11.3 Å². The van der Waals surface area contributed by atoms with E-state index >= 15 is 0 Å². The van der Waals surface area contributed by atoms with Crippen molar-refractivity contribution in [2.45, 2.75) is 13.8 Å². The first-order valence-corrected chi connectivity index (χ1v) is 5.30. The second-order valence-corrected chi connectivity index (χ2v) is 4.00. The van der Waals surface area contributed by atoms with Crippen molar-refractivity contribution in [1.82, 2.24) is 4.98 Å². The maximum Gasteiger partial charge on any atom is 0.315 e. The molecule has 1 rings (SSSR count). The molecule has 7 heteroatoms. The number of hydrogen-bond donors (Lipinski definition) is 2. The third kappa shape index (κ3) is 2.86. The van der Waals surface area contributed by atoms with Gasteiger partial charge in [-0.1, -0.05) is 0 Å². The maximum atomic E-state index is 11.3. The molecule has 1 unspecified atom stereocenters. The number of amides is 1. The molecule has 0 saturated carbocycles. The molecule has 0 aliphatic heterocycles. The molecule has 1 aromatic rings. The van der Waals surface area contributed by atoms with Gasteiger partial charge >= 0.3 is 5.97 Å². The summed E-state index contributed by atoms with van der Waals surface area (Å²) in [5.41, 5.74) is 0.253. The lowest BCUT2D eigenvalue weighted by atomic mass is 10.2. The predicted molar refractivity (Wildman–Crippen MR) is 57.5 cm³/mol. The Kier molecular flexibility index (Phi) is 3.73. The number of thiazole rings is 1. The highest BCUT2D eigenvalue weighted by Crippen LogP contribution is 2.16. The van der Waals surface area contributed by atoms with Crippen LogP contribution in [-0.4, -0.2) is 27.8 Å². The van der Waals surface area contributed by atoms with E-state index < -0.39 is 17.8 Å². The van der Waals surface area contributed by atoms with Gasteiger partial charge in [0, 0.05) is 12.3 Å². The summed E-state index contributed by atoms with van der Waals surface area (Å²) in [6.07, 6.45) is 0. The average Bonchev–Trinajstić information content (AvgIpc) is 2.64. The molecule has 0 spiro atoms. The lowest BCUT2D eigenvalue weighted by molar-refractivity contribution is -0.144. The highest BCUT2D eigenvalue weighted by Gasteiger charge is 2.21. The quantitative estimate of drug-likeness (QED) is 0.606. The molecule has 0 saturated heterocycles. The summed E-state index contributed by atoms with van der Waals surface area (Å²) >= 11 is 1.08. The van der Waals surface area contributed by atoms with Crippen molar-refractivity contribution in [3.8, 4) is 0 Å². The summed E-state index contributed by atoms with van der Waals surface area (Å²) in [5, 5.41) is 12.7. The summed E-state index contributed by atoms with van der Waals surface area (Å²) < 4.78 is 0. The molecule has 86 valence electrons. The monoisotopic (exact) mass is 242 g/mol. The fraction of sp³-hybridized carbons (Fsp3) is 0.333. The van der Waals surface area contributed by atoms with Crippen molar-refractivity contribution in [2.24, 2.45) is 5.92 Å². The van der Waals surface area contributed by atoms with Gasteiger partial charge in [-0.05, 0) is 6.92 Å². The molecule has 0 bridgehead atoms. The van der Waals surface area contributed by atoms with Gasteiger partial charge in [-0.3, -0.25) is 14.4 Å². The molecule has 6 nitrogen and oxygen atoms in total. The Hall–Kier alpha value is -1.76. The van der Waals surface area contributed by atoms with E-state index in [-0.39, 0.29) is 16.6 Å². The third-order valence-electron chi connectivity index (χ3n) is 1.86. The summed E-state index contributed by atoms with van der Waals surface area (Å²) in [6.45, 7) is 2.64. The lowest BCUT2D eigenvalue weighted by Crippen LogP contribution is -2.26. The molecule has 0 aliphatic carbocycles. The van der Waals surface area contributed by atoms with Crippen LogP contribution in [0.2, 0.25) is 0 Å². The van der Waals surface area contributed by atoms with Crippen LogP contribution in [0.3, 0.4) is 0 Å². The van der Waals surface area contributed by atoms with E-state index in [1.54, 1.807) is 0 Å². The molecule has 1 aromatic heterocycles. The minimum atomic E-state index is -1.21. The van der Waals surface area contributed by atoms with Gasteiger partial charge in [-0.2, -0.15) is 0 Å². The molecule has 0 radical (unpaired) electrons. The molecular weight excluding hydrogens is 232 g/mol. The predicted octanol–water partition coefficient (Wildman–Crippen LogP) is 1.00. The van der Waals surface area contributed by atoms with Crippen LogP contribution in [0.1, 0.15) is 24.3 Å². The zero-order chi connectivity index (χ0) is 12.3. The van der Waals surface area contributed by atoms with E-state index in [1.165, 1.54) is 19.2 Å². The van der Waals surface area contributed by atoms with E-state index in [4.69, 9.17) is 5.11 Å². The van der Waals surface area contributed by atoms with E-state index in [0.717, 1.165) is 11.3 Å². The Morgan fingerprint density at radius 2 is 2.12 bits per heavy atom.